The van der Waals surface area contributed by atoms with Crippen LogP contribution in [0.1, 0.15) is 41.6 Å². The number of nitrogen functional groups attached to an aromatic ring is 1. The predicted octanol–water partition coefficient (Wildman–Crippen LogP) is 1.73. The standard InChI is InChI=1S/C21H21FN8O3S/c1-11-16(9-23)18-17-10-25-19(24)20(26-17)33-12(2)15-8-13(22)4-5-14(15)21-28(3)6-7-29(21)34(31,32)30(18)27-11/h4-5,8,10,12,21H,6-7H2,1-3H3,(H2,24,25)/t12-,21?/m1/s1. The third-order valence-corrected chi connectivity index (χ3v) is 7.76. The van der Waals surface area contributed by atoms with Crippen LogP contribution in [-0.4, -0.2) is 56.9 Å². The van der Waals surface area contributed by atoms with Crippen molar-refractivity contribution in [3.8, 4) is 23.3 Å². The number of hydrogen-bond acceptors (Lipinski definition) is 9. The van der Waals surface area contributed by atoms with Crippen molar-refractivity contribution in [2.75, 3.05) is 25.9 Å². The molecule has 0 spiro atoms. The van der Waals surface area contributed by atoms with Gasteiger partial charge in [0.05, 0.1) is 11.9 Å². The first kappa shape index (κ1) is 22.2. The summed E-state index contributed by atoms with van der Waals surface area (Å²) in [5, 5.41) is 14.0. The number of nitriles is 1. The summed E-state index contributed by atoms with van der Waals surface area (Å²) in [5.74, 6) is -0.591. The molecular formula is C21H21FN8O3S. The average Bonchev–Trinajstić information content (AvgIpc) is 3.35. The van der Waals surface area contributed by atoms with Gasteiger partial charge in [-0.05, 0) is 38.6 Å². The molecule has 2 atom stereocenters. The lowest BCUT2D eigenvalue weighted by Gasteiger charge is -2.31. The Bertz CT molecular complexity index is 1470. The molecule has 176 valence electrons. The molecule has 2 aliphatic heterocycles. The zero-order chi connectivity index (χ0) is 24.4. The minimum absolute atomic E-state index is 0.0294. The van der Waals surface area contributed by atoms with Gasteiger partial charge in [0.25, 0.3) is 5.88 Å². The summed E-state index contributed by atoms with van der Waals surface area (Å²) in [7, 11) is -2.51. The maximum Gasteiger partial charge on any atom is 0.325 e. The van der Waals surface area contributed by atoms with E-state index in [0.717, 1.165) is 4.09 Å². The van der Waals surface area contributed by atoms with Gasteiger partial charge in [-0.2, -0.15) is 23.1 Å². The van der Waals surface area contributed by atoms with Crippen molar-refractivity contribution in [2.45, 2.75) is 26.1 Å². The molecule has 0 saturated carbocycles. The summed E-state index contributed by atoms with van der Waals surface area (Å²) in [6, 6.07) is 6.16. The Hall–Kier alpha value is -3.60. The number of hydrogen-bond donors (Lipinski definition) is 1. The molecule has 1 fully saturated rings. The molecule has 0 radical (unpaired) electrons. The second kappa shape index (κ2) is 7.73. The molecule has 2 aromatic heterocycles. The predicted molar refractivity (Wildman–Crippen MR) is 119 cm³/mol. The maximum absolute atomic E-state index is 14.3. The Balaban J connectivity index is 1.87. The van der Waals surface area contributed by atoms with E-state index in [9.17, 15) is 18.1 Å². The number of fused-ring (bicyclic) bond motifs is 7. The smallest absolute Gasteiger partial charge is 0.325 e. The topological polar surface area (TPSA) is 143 Å². The van der Waals surface area contributed by atoms with Crippen LogP contribution in [0, 0.1) is 24.1 Å². The molecule has 1 saturated heterocycles. The van der Waals surface area contributed by atoms with Gasteiger partial charge in [-0.3, -0.25) is 4.90 Å². The van der Waals surface area contributed by atoms with E-state index < -0.39 is 28.3 Å². The van der Waals surface area contributed by atoms with Crippen LogP contribution >= 0.6 is 0 Å². The third kappa shape index (κ3) is 3.22. The Morgan fingerprint density at radius 3 is 2.79 bits per heavy atom. The number of nitrogens with zero attached hydrogens (tertiary/aromatic N) is 7. The first-order valence-corrected chi connectivity index (χ1v) is 11.8. The Morgan fingerprint density at radius 2 is 2.06 bits per heavy atom. The summed E-state index contributed by atoms with van der Waals surface area (Å²) in [4.78, 5) is 10.3. The normalized spacial score (nSPS) is 21.9. The molecule has 5 rings (SSSR count). The van der Waals surface area contributed by atoms with Gasteiger partial charge in [-0.1, -0.05) is 6.07 Å². The van der Waals surface area contributed by atoms with Crippen molar-refractivity contribution in [3.05, 3.63) is 52.6 Å². The van der Waals surface area contributed by atoms with Crippen LogP contribution in [0.4, 0.5) is 10.2 Å². The van der Waals surface area contributed by atoms with Crippen LogP contribution in [0.15, 0.2) is 24.4 Å². The Labute approximate surface area is 195 Å². The molecule has 11 nitrogen and oxygen atoms in total. The average molecular weight is 485 g/mol. The summed E-state index contributed by atoms with van der Waals surface area (Å²) >= 11 is 0. The summed E-state index contributed by atoms with van der Waals surface area (Å²) in [6.07, 6.45) is -0.225. The van der Waals surface area contributed by atoms with Crippen LogP contribution in [0.3, 0.4) is 0 Å². The van der Waals surface area contributed by atoms with Gasteiger partial charge in [0, 0.05) is 18.7 Å². The third-order valence-electron chi connectivity index (χ3n) is 6.08. The summed E-state index contributed by atoms with van der Waals surface area (Å²) < 4.78 is 50.4. The highest BCUT2D eigenvalue weighted by Gasteiger charge is 2.43. The highest BCUT2D eigenvalue weighted by Crippen LogP contribution is 2.39. The van der Waals surface area contributed by atoms with E-state index in [1.807, 2.05) is 11.0 Å². The van der Waals surface area contributed by atoms with Crippen molar-refractivity contribution >= 4 is 16.0 Å². The van der Waals surface area contributed by atoms with Crippen molar-refractivity contribution in [1.82, 2.24) is 28.4 Å². The quantitative estimate of drug-likeness (QED) is 0.504. The molecular weight excluding hydrogens is 463 g/mol. The molecule has 1 aromatic carbocycles. The summed E-state index contributed by atoms with van der Waals surface area (Å²) in [5.41, 5.74) is 7.27. The van der Waals surface area contributed by atoms with Crippen LogP contribution in [0.25, 0.3) is 11.4 Å². The lowest BCUT2D eigenvalue weighted by molar-refractivity contribution is 0.200. The fourth-order valence-corrected chi connectivity index (χ4v) is 6.11. The largest absolute Gasteiger partial charge is 0.467 e. The van der Waals surface area contributed by atoms with Gasteiger partial charge in [0.1, 0.15) is 41.1 Å². The molecule has 0 aliphatic carbocycles. The molecule has 2 aliphatic rings. The van der Waals surface area contributed by atoms with Crippen LogP contribution in [0.5, 0.6) is 5.88 Å². The van der Waals surface area contributed by atoms with Gasteiger partial charge >= 0.3 is 10.2 Å². The number of ether oxygens (including phenoxy) is 1. The molecule has 1 unspecified atom stereocenters. The molecule has 34 heavy (non-hydrogen) atoms. The molecule has 2 bridgehead atoms. The van der Waals surface area contributed by atoms with Crippen molar-refractivity contribution in [3.63, 3.8) is 0 Å². The maximum atomic E-state index is 14.3. The van der Waals surface area contributed by atoms with E-state index in [1.54, 1.807) is 27.0 Å². The van der Waals surface area contributed by atoms with Crippen LogP contribution in [0.2, 0.25) is 0 Å². The number of benzene rings is 1. The van der Waals surface area contributed by atoms with Gasteiger partial charge < -0.3 is 10.5 Å². The minimum Gasteiger partial charge on any atom is -0.467 e. The van der Waals surface area contributed by atoms with Gasteiger partial charge in [0.2, 0.25) is 0 Å². The zero-order valence-corrected chi connectivity index (χ0v) is 19.4. The van der Waals surface area contributed by atoms with Crippen molar-refractivity contribution in [2.24, 2.45) is 0 Å². The number of rotatable bonds is 0. The van der Waals surface area contributed by atoms with E-state index in [-0.39, 0.29) is 40.9 Å². The molecule has 0 amide bonds. The number of anilines is 1. The number of aryl methyl sites for hydroxylation is 1. The second-order valence-electron chi connectivity index (χ2n) is 8.22. The fraction of sp³-hybridized carbons (Fsp3) is 0.333. The Kier molecular flexibility index (Phi) is 5.05. The second-order valence-corrected chi connectivity index (χ2v) is 9.93. The number of nitrogens with two attached hydrogens (primary N) is 1. The van der Waals surface area contributed by atoms with Gasteiger partial charge in [-0.15, -0.1) is 4.09 Å². The van der Waals surface area contributed by atoms with Gasteiger partial charge in [0.15, 0.2) is 5.82 Å². The monoisotopic (exact) mass is 484 g/mol. The van der Waals surface area contributed by atoms with Gasteiger partial charge in [-0.25, -0.2) is 14.4 Å². The lowest BCUT2D eigenvalue weighted by Crippen LogP contribution is -2.39. The first-order chi connectivity index (χ1) is 16.1. The first-order valence-electron chi connectivity index (χ1n) is 10.4. The highest BCUT2D eigenvalue weighted by molar-refractivity contribution is 7.87. The van der Waals surface area contributed by atoms with E-state index in [0.29, 0.717) is 17.7 Å². The molecule has 13 heteroatoms. The highest BCUT2D eigenvalue weighted by atomic mass is 32.2. The van der Waals surface area contributed by atoms with E-state index in [4.69, 9.17) is 10.5 Å². The molecule has 2 N–H and O–H groups in total. The molecule has 4 heterocycles. The number of aromatic nitrogens is 4. The Morgan fingerprint density at radius 1 is 1.29 bits per heavy atom. The van der Waals surface area contributed by atoms with Crippen LogP contribution < -0.4 is 10.5 Å². The fourth-order valence-electron chi connectivity index (χ4n) is 4.43. The lowest BCUT2D eigenvalue weighted by atomic mass is 10.00. The van der Waals surface area contributed by atoms with Crippen LogP contribution in [-0.2, 0) is 10.2 Å². The van der Waals surface area contributed by atoms with E-state index >= 15 is 0 Å². The van der Waals surface area contributed by atoms with Crippen molar-refractivity contribution < 1.29 is 17.5 Å². The minimum atomic E-state index is -4.29. The number of likely N-dealkylation sites (N-methyl/N-ethyl adjacent to an activating group) is 1. The zero-order valence-electron chi connectivity index (χ0n) is 18.6. The SMILES string of the molecule is Cc1nn2c(c1C#N)-c1cnc(N)c(n1)O[C@H](C)c1cc(F)ccc1C1N(C)CCN1S2(=O)=O. The van der Waals surface area contributed by atoms with E-state index in [1.165, 1.54) is 22.6 Å². The van der Waals surface area contributed by atoms with Crippen molar-refractivity contribution in [1.29, 1.82) is 5.26 Å². The van der Waals surface area contributed by atoms with E-state index in [2.05, 4.69) is 15.1 Å². The summed E-state index contributed by atoms with van der Waals surface area (Å²) in [6.45, 7) is 3.83. The molecule has 3 aromatic rings. The number of halogens is 1.